The van der Waals surface area contributed by atoms with Crippen molar-refractivity contribution in [3.8, 4) is 5.75 Å². The van der Waals surface area contributed by atoms with E-state index in [0.717, 1.165) is 18.2 Å². The number of carboxylic acids is 1. The number of carboxylic acid groups (broad SMARTS) is 1. The van der Waals surface area contributed by atoms with Crippen LogP contribution in [0.1, 0.15) is 10.4 Å². The van der Waals surface area contributed by atoms with Gasteiger partial charge in [-0.3, -0.25) is 15.0 Å². The average Bonchev–Trinajstić information content (AvgIpc) is 2.16. The number of nitrogens with zero attached hydrogens (tertiary/aromatic N) is 2. The first-order chi connectivity index (χ1) is 7.43. The number of nitro groups is 1. The predicted molar refractivity (Wildman–Crippen MR) is 47.7 cm³/mol. The number of benzene rings is 1. The first-order valence-electron chi connectivity index (χ1n) is 3.76. The van der Waals surface area contributed by atoms with Crippen LogP contribution in [0.4, 0.5) is 5.69 Å². The van der Waals surface area contributed by atoms with E-state index in [1.54, 1.807) is 0 Å². The van der Waals surface area contributed by atoms with E-state index in [4.69, 9.17) is 5.11 Å². The minimum atomic E-state index is -1.56. The van der Waals surface area contributed by atoms with Crippen LogP contribution < -0.4 is 4.84 Å². The summed E-state index contributed by atoms with van der Waals surface area (Å²) in [6, 6.07) is 2.97. The Hall–Kier alpha value is -2.19. The summed E-state index contributed by atoms with van der Waals surface area (Å²) in [5, 5.41) is 27.9. The van der Waals surface area contributed by atoms with Gasteiger partial charge in [-0.25, -0.2) is 4.79 Å². The van der Waals surface area contributed by atoms with Crippen LogP contribution in [-0.4, -0.2) is 21.1 Å². The van der Waals surface area contributed by atoms with Gasteiger partial charge in [-0.1, -0.05) is 6.07 Å². The van der Waals surface area contributed by atoms with Crippen molar-refractivity contribution in [1.29, 1.82) is 0 Å². The van der Waals surface area contributed by atoms with Crippen LogP contribution >= 0.6 is 0 Å². The minimum absolute atomic E-state index is 0. The van der Waals surface area contributed by atoms with Crippen LogP contribution in [0.15, 0.2) is 18.2 Å². The van der Waals surface area contributed by atoms with Gasteiger partial charge in [-0.15, -0.1) is 10.1 Å². The summed E-state index contributed by atoms with van der Waals surface area (Å²) in [7, 11) is 0. The van der Waals surface area contributed by atoms with Crippen molar-refractivity contribution in [2.24, 2.45) is 0 Å². The van der Waals surface area contributed by atoms with Gasteiger partial charge in [-0.05, 0) is 6.07 Å². The van der Waals surface area contributed by atoms with Crippen LogP contribution in [0, 0.1) is 20.2 Å². The van der Waals surface area contributed by atoms with E-state index in [0.29, 0.717) is 0 Å². The van der Waals surface area contributed by atoms with E-state index in [-0.39, 0.29) is 17.1 Å². The molecule has 10 heteroatoms. The molecule has 0 unspecified atom stereocenters. The Morgan fingerprint density at radius 1 is 1.29 bits per heavy atom. The van der Waals surface area contributed by atoms with Gasteiger partial charge in [0.15, 0.2) is 0 Å². The number of hydrogen-bond donors (Lipinski definition) is 1. The summed E-state index contributed by atoms with van der Waals surface area (Å²) >= 11 is 0. The summed E-state index contributed by atoms with van der Waals surface area (Å²) in [6.07, 6.45) is 0. The molecule has 0 saturated heterocycles. The van der Waals surface area contributed by atoms with Gasteiger partial charge in [-0.2, -0.15) is 0 Å². The maximum absolute atomic E-state index is 10.7. The monoisotopic (exact) mass is 291 g/mol. The van der Waals surface area contributed by atoms with Crippen molar-refractivity contribution < 1.29 is 41.8 Å². The molecule has 0 heterocycles. The van der Waals surface area contributed by atoms with Crippen LogP contribution in [0.5, 0.6) is 5.75 Å². The summed E-state index contributed by atoms with van der Waals surface area (Å²) in [5.74, 6) is -2.45. The van der Waals surface area contributed by atoms with Crippen LogP contribution in [-0.2, 0) is 17.1 Å². The van der Waals surface area contributed by atoms with Gasteiger partial charge in [0.25, 0.3) is 10.8 Å². The molecule has 0 aliphatic carbocycles. The molecule has 9 nitrogen and oxygen atoms in total. The molecule has 1 radical (unpaired) electrons. The predicted octanol–water partition coefficient (Wildman–Crippen LogP) is 0.861. The molecule has 0 fully saturated rings. The topological polar surface area (TPSA) is 133 Å². The normalized spacial score (nSPS) is 8.94. The van der Waals surface area contributed by atoms with E-state index in [2.05, 4.69) is 4.84 Å². The molecule has 0 bridgehead atoms. The summed E-state index contributed by atoms with van der Waals surface area (Å²) < 4.78 is 0. The van der Waals surface area contributed by atoms with Crippen molar-refractivity contribution in [3.63, 3.8) is 0 Å². The molecule has 0 atom stereocenters. The molecule has 0 amide bonds. The largest absolute Gasteiger partial charge is 0.478 e. The molecule has 1 aromatic rings. The van der Waals surface area contributed by atoms with Gasteiger partial charge in [0.05, 0.1) is 10.5 Å². The Morgan fingerprint density at radius 2 is 1.88 bits per heavy atom. The van der Waals surface area contributed by atoms with Gasteiger partial charge >= 0.3 is 5.97 Å². The number of hydrogen-bond acceptors (Lipinski definition) is 6. The van der Waals surface area contributed by atoms with Crippen molar-refractivity contribution in [2.45, 2.75) is 0 Å². The zero-order valence-corrected chi connectivity index (χ0v) is 8.77. The van der Waals surface area contributed by atoms with Crippen LogP contribution in [0.3, 0.4) is 0 Å². The van der Waals surface area contributed by atoms with E-state index in [1.807, 2.05) is 0 Å². The molecule has 0 aliphatic heterocycles. The Kier molecular flexibility index (Phi) is 5.03. The second-order valence-corrected chi connectivity index (χ2v) is 2.53. The smallest absolute Gasteiger partial charge is 0.338 e. The first kappa shape index (κ1) is 14.8. The van der Waals surface area contributed by atoms with Crippen molar-refractivity contribution >= 4 is 11.7 Å². The molecule has 17 heavy (non-hydrogen) atoms. The number of para-hydroxylation sites is 1. The number of carbonyl (C=O) groups is 1. The molecule has 0 aromatic heterocycles. The van der Waals surface area contributed by atoms with Crippen LogP contribution in [0.2, 0.25) is 0 Å². The fraction of sp³-hybridized carbons (Fsp3) is 0. The molecule has 1 aromatic carbocycles. The van der Waals surface area contributed by atoms with Gasteiger partial charge in [0.1, 0.15) is 0 Å². The molecule has 0 saturated carbocycles. The average molecular weight is 292 g/mol. The molecular formula is C7H4CuN2O7. The summed E-state index contributed by atoms with van der Waals surface area (Å²) in [6.45, 7) is 0. The van der Waals surface area contributed by atoms with Gasteiger partial charge in [0, 0.05) is 23.1 Å². The Labute approximate surface area is 104 Å². The minimum Gasteiger partial charge on any atom is -0.478 e. The summed E-state index contributed by atoms with van der Waals surface area (Å²) in [5.41, 5.74) is -1.43. The maximum atomic E-state index is 10.7. The zero-order valence-electron chi connectivity index (χ0n) is 7.82. The first-order valence-corrected chi connectivity index (χ1v) is 3.76. The second-order valence-electron chi connectivity index (χ2n) is 2.53. The number of nitro benzene ring substituents is 1. The van der Waals surface area contributed by atoms with Crippen molar-refractivity contribution in [2.75, 3.05) is 0 Å². The number of aromatic carboxylic acids is 1. The number of rotatable bonds is 4. The molecule has 1 rings (SSSR count). The summed E-state index contributed by atoms with van der Waals surface area (Å²) in [4.78, 5) is 34.2. The van der Waals surface area contributed by atoms with E-state index < -0.39 is 33.0 Å². The maximum Gasteiger partial charge on any atom is 0.338 e. The zero-order chi connectivity index (χ0) is 12.3. The third-order valence-electron chi connectivity index (χ3n) is 1.59. The molecule has 0 aliphatic rings. The molecular weight excluding hydrogens is 288 g/mol. The Morgan fingerprint density at radius 3 is 2.29 bits per heavy atom. The van der Waals surface area contributed by atoms with Crippen LogP contribution in [0.25, 0.3) is 0 Å². The molecule has 0 spiro atoms. The van der Waals surface area contributed by atoms with E-state index in [9.17, 15) is 25.0 Å². The van der Waals surface area contributed by atoms with Gasteiger partial charge < -0.3 is 5.11 Å². The fourth-order valence-corrected chi connectivity index (χ4v) is 1.01. The van der Waals surface area contributed by atoms with E-state index >= 15 is 0 Å². The molecule has 95 valence electrons. The Balaban J connectivity index is 0.00000256. The van der Waals surface area contributed by atoms with E-state index in [1.165, 1.54) is 0 Å². The standard InChI is InChI=1S/C7H4N2O7.Cu/c10-7(11)4-2-1-3-5(8(12)13)6(4)16-9(14)15;/h1-3H,(H,10,11);. The SMILES string of the molecule is O=C(O)c1cccc([N+](=O)[O-])c1O[N+](=O)[O-].[Cu]. The van der Waals surface area contributed by atoms with Gasteiger partial charge in [0.2, 0.25) is 5.75 Å². The quantitative estimate of drug-likeness (QED) is 0.494. The third-order valence-corrected chi connectivity index (χ3v) is 1.59. The Bertz CT molecular complexity index is 443. The molecule has 1 N–H and O–H groups in total. The fourth-order valence-electron chi connectivity index (χ4n) is 1.01. The third kappa shape index (κ3) is 3.40. The van der Waals surface area contributed by atoms with Crippen molar-refractivity contribution in [1.82, 2.24) is 0 Å². The van der Waals surface area contributed by atoms with Crippen molar-refractivity contribution in [3.05, 3.63) is 44.0 Å². The second kappa shape index (κ2) is 5.77.